The summed E-state index contributed by atoms with van der Waals surface area (Å²) in [6.45, 7) is 2.00. The second-order valence-electron chi connectivity index (χ2n) is 5.07. The molecule has 3 aromatic rings. The summed E-state index contributed by atoms with van der Waals surface area (Å²) < 4.78 is 15.8. The molecule has 0 heterocycles. The van der Waals surface area contributed by atoms with Crippen LogP contribution < -0.4 is 12.5 Å². The Kier molecular flexibility index (Phi) is 4.84. The van der Waals surface area contributed by atoms with Crippen molar-refractivity contribution in [2.24, 2.45) is 0 Å². The Morgan fingerprint density at radius 3 is 2.04 bits per heavy atom. The molecule has 0 aliphatic carbocycles. The molecule has 118 valence electrons. The lowest BCUT2D eigenvalue weighted by atomic mass is 9.97. The standard InChI is InChI=1S/C17H14O3S3/c1-10-6-7-15(18-21)13(8-10)14-9-16(19-22)11-4-2-3-5-12(11)17(14)20-23/h2-9,21-23H,1H3. The number of hydrogen-bond donors (Lipinski definition) is 3. The molecule has 0 fully saturated rings. The summed E-state index contributed by atoms with van der Waals surface area (Å²) in [6, 6.07) is 15.4. The van der Waals surface area contributed by atoms with E-state index in [4.69, 9.17) is 12.5 Å². The largest absolute Gasteiger partial charge is 0.428 e. The average Bonchev–Trinajstić information content (AvgIpc) is 2.60. The van der Waals surface area contributed by atoms with Crippen LogP contribution in [0.1, 0.15) is 5.56 Å². The fourth-order valence-electron chi connectivity index (χ4n) is 2.62. The van der Waals surface area contributed by atoms with E-state index in [-0.39, 0.29) is 0 Å². The van der Waals surface area contributed by atoms with Gasteiger partial charge in [-0.2, -0.15) is 0 Å². The first-order valence-corrected chi connectivity index (χ1v) is 7.90. The summed E-state index contributed by atoms with van der Waals surface area (Å²) in [4.78, 5) is 0. The van der Waals surface area contributed by atoms with Crippen molar-refractivity contribution in [2.75, 3.05) is 0 Å². The first kappa shape index (κ1) is 16.2. The highest BCUT2D eigenvalue weighted by molar-refractivity contribution is 7.75. The van der Waals surface area contributed by atoms with Gasteiger partial charge in [0.2, 0.25) is 0 Å². The molecule has 3 rings (SSSR count). The van der Waals surface area contributed by atoms with Crippen LogP contribution in [0.4, 0.5) is 0 Å². The van der Waals surface area contributed by atoms with E-state index >= 15 is 0 Å². The van der Waals surface area contributed by atoms with Gasteiger partial charge >= 0.3 is 0 Å². The molecule has 0 radical (unpaired) electrons. The molecule has 0 spiro atoms. The van der Waals surface area contributed by atoms with Gasteiger partial charge in [-0.25, -0.2) is 0 Å². The van der Waals surface area contributed by atoms with Gasteiger partial charge in [0, 0.05) is 60.6 Å². The van der Waals surface area contributed by atoms with E-state index < -0.39 is 0 Å². The number of hydrogen-bond acceptors (Lipinski definition) is 6. The van der Waals surface area contributed by atoms with E-state index in [1.807, 2.05) is 55.5 Å². The number of fused-ring (bicyclic) bond motifs is 1. The van der Waals surface area contributed by atoms with Crippen molar-refractivity contribution in [3.8, 4) is 28.4 Å². The van der Waals surface area contributed by atoms with Gasteiger partial charge in [-0.3, -0.25) is 0 Å². The smallest absolute Gasteiger partial charge is 0.153 e. The van der Waals surface area contributed by atoms with Gasteiger partial charge in [0.25, 0.3) is 0 Å². The van der Waals surface area contributed by atoms with Crippen molar-refractivity contribution in [1.29, 1.82) is 0 Å². The predicted molar refractivity (Wildman–Crippen MR) is 103 cm³/mol. The van der Waals surface area contributed by atoms with Gasteiger partial charge in [0.1, 0.15) is 11.5 Å². The minimum absolute atomic E-state index is 0.617. The maximum Gasteiger partial charge on any atom is 0.153 e. The van der Waals surface area contributed by atoms with Crippen molar-refractivity contribution < 1.29 is 12.5 Å². The maximum atomic E-state index is 5.39. The minimum Gasteiger partial charge on any atom is -0.428 e. The van der Waals surface area contributed by atoms with Gasteiger partial charge in [-0.1, -0.05) is 35.9 Å². The highest BCUT2D eigenvalue weighted by atomic mass is 32.1. The van der Waals surface area contributed by atoms with Crippen molar-refractivity contribution in [3.05, 3.63) is 54.1 Å². The normalized spacial score (nSPS) is 10.6. The number of thiol groups is 3. The van der Waals surface area contributed by atoms with E-state index in [0.717, 1.165) is 27.5 Å². The molecule has 6 heteroatoms. The molecule has 0 unspecified atom stereocenters. The molecule has 0 amide bonds. The number of aryl methyl sites for hydroxylation is 1. The highest BCUT2D eigenvalue weighted by Gasteiger charge is 2.18. The van der Waals surface area contributed by atoms with Gasteiger partial charge < -0.3 is 12.5 Å². The second kappa shape index (κ2) is 6.86. The molecule has 0 bridgehead atoms. The zero-order chi connectivity index (χ0) is 16.4. The minimum atomic E-state index is 0.617. The van der Waals surface area contributed by atoms with E-state index in [1.165, 1.54) is 0 Å². The molecule has 0 saturated carbocycles. The van der Waals surface area contributed by atoms with Crippen LogP contribution in [0.2, 0.25) is 0 Å². The van der Waals surface area contributed by atoms with Crippen LogP contribution in [0.25, 0.3) is 21.9 Å². The number of rotatable bonds is 4. The first-order valence-electron chi connectivity index (χ1n) is 6.80. The van der Waals surface area contributed by atoms with Crippen LogP contribution in [-0.2, 0) is 0 Å². The van der Waals surface area contributed by atoms with Gasteiger partial charge in [0.15, 0.2) is 5.75 Å². The van der Waals surface area contributed by atoms with Crippen molar-refractivity contribution in [1.82, 2.24) is 0 Å². The first-order chi connectivity index (χ1) is 11.2. The molecule has 0 atom stereocenters. The maximum absolute atomic E-state index is 5.39. The van der Waals surface area contributed by atoms with E-state index in [1.54, 1.807) is 0 Å². The van der Waals surface area contributed by atoms with Gasteiger partial charge in [-0.05, 0) is 25.1 Å². The van der Waals surface area contributed by atoms with Crippen molar-refractivity contribution >= 4 is 49.5 Å². The van der Waals surface area contributed by atoms with Gasteiger partial charge in [-0.15, -0.1) is 0 Å². The van der Waals surface area contributed by atoms with E-state index in [9.17, 15) is 0 Å². The third-order valence-electron chi connectivity index (χ3n) is 3.67. The third kappa shape index (κ3) is 2.94. The molecular formula is C17H14O3S3. The third-order valence-corrected chi connectivity index (χ3v) is 4.25. The molecule has 0 saturated heterocycles. The molecule has 23 heavy (non-hydrogen) atoms. The van der Waals surface area contributed by atoms with Crippen LogP contribution >= 0.6 is 38.7 Å². The summed E-state index contributed by atoms with van der Waals surface area (Å²) in [5, 5.41) is 1.76. The molecule has 0 aliphatic rings. The molecular weight excluding hydrogens is 348 g/mol. The van der Waals surface area contributed by atoms with Crippen LogP contribution in [-0.4, -0.2) is 0 Å². The number of benzene rings is 3. The van der Waals surface area contributed by atoms with Crippen LogP contribution in [0, 0.1) is 6.92 Å². The van der Waals surface area contributed by atoms with Crippen molar-refractivity contribution in [2.45, 2.75) is 6.92 Å². The fourth-order valence-corrected chi connectivity index (χ4v) is 3.13. The lowest BCUT2D eigenvalue weighted by molar-refractivity contribution is 0.647. The summed E-state index contributed by atoms with van der Waals surface area (Å²) in [6.07, 6.45) is 0. The molecule has 3 nitrogen and oxygen atoms in total. The van der Waals surface area contributed by atoms with Crippen LogP contribution in [0.3, 0.4) is 0 Å². The summed E-state index contributed by atoms with van der Waals surface area (Å²) in [7, 11) is 0. The van der Waals surface area contributed by atoms with Crippen molar-refractivity contribution in [3.63, 3.8) is 0 Å². The van der Waals surface area contributed by atoms with Crippen LogP contribution in [0.15, 0.2) is 48.5 Å². The second-order valence-corrected chi connectivity index (χ2v) is 5.62. The van der Waals surface area contributed by atoms with E-state index in [0.29, 0.717) is 17.2 Å². The lowest BCUT2D eigenvalue weighted by Crippen LogP contribution is -1.92. The molecule has 0 N–H and O–H groups in total. The lowest BCUT2D eigenvalue weighted by Gasteiger charge is -2.16. The quantitative estimate of drug-likeness (QED) is 0.423. The SMILES string of the molecule is Cc1ccc(OS)c(-c2cc(OS)c3ccccc3c2OS)c1. The Hall–Kier alpha value is -1.63. The Labute approximate surface area is 151 Å². The predicted octanol–water partition coefficient (Wildman–Crippen LogP) is 5.49. The zero-order valence-electron chi connectivity index (χ0n) is 12.2. The topological polar surface area (TPSA) is 27.7 Å². The Bertz CT molecular complexity index is 865. The van der Waals surface area contributed by atoms with E-state index in [2.05, 4.69) is 38.7 Å². The summed E-state index contributed by atoms with van der Waals surface area (Å²) in [5.74, 6) is 1.86. The Morgan fingerprint density at radius 1 is 0.696 bits per heavy atom. The zero-order valence-corrected chi connectivity index (χ0v) is 14.9. The summed E-state index contributed by atoms with van der Waals surface area (Å²) in [5.41, 5.74) is 2.71. The Balaban J connectivity index is 2.40. The molecule has 0 aromatic heterocycles. The highest BCUT2D eigenvalue weighted by Crippen LogP contribution is 2.45. The molecule has 3 aromatic carbocycles. The Morgan fingerprint density at radius 2 is 1.39 bits per heavy atom. The fraction of sp³-hybridized carbons (Fsp3) is 0.0588. The summed E-state index contributed by atoms with van der Waals surface area (Å²) >= 11 is 12.0. The average molecular weight is 362 g/mol. The van der Waals surface area contributed by atoms with Gasteiger partial charge in [0.05, 0.1) is 0 Å². The molecule has 0 aliphatic heterocycles. The van der Waals surface area contributed by atoms with Crippen LogP contribution in [0.5, 0.6) is 17.2 Å². The monoisotopic (exact) mass is 362 g/mol.